The van der Waals surface area contributed by atoms with Crippen molar-refractivity contribution in [2.45, 2.75) is 51.2 Å². The number of unbranched alkanes of at least 4 members (excludes halogenated alkanes) is 4. The number of hydrogen-bond donors (Lipinski definition) is 3. The zero-order chi connectivity index (χ0) is 14.6. The van der Waals surface area contributed by atoms with E-state index in [-0.39, 0.29) is 5.76 Å². The standard InChI is InChI=1S/C16H23NO3/c1-2-3-4-5-8-11-16(19)12-15(18)13-9-6-7-10-14(13)17(16)20/h6-7,9-10,12,18-20H,2-5,8,11H2,1H3. The zero-order valence-corrected chi connectivity index (χ0v) is 11.9. The van der Waals surface area contributed by atoms with Gasteiger partial charge in [-0.1, -0.05) is 44.7 Å². The van der Waals surface area contributed by atoms with Gasteiger partial charge in [0.1, 0.15) is 5.76 Å². The van der Waals surface area contributed by atoms with E-state index < -0.39 is 5.72 Å². The van der Waals surface area contributed by atoms with Crippen LogP contribution in [0.3, 0.4) is 0 Å². The summed E-state index contributed by atoms with van der Waals surface area (Å²) in [5.41, 5.74) is -0.556. The molecule has 0 amide bonds. The van der Waals surface area contributed by atoms with Gasteiger partial charge >= 0.3 is 0 Å². The van der Waals surface area contributed by atoms with Gasteiger partial charge in [0.05, 0.1) is 5.69 Å². The molecule has 0 spiro atoms. The average Bonchev–Trinajstić information content (AvgIpc) is 2.45. The van der Waals surface area contributed by atoms with Crippen LogP contribution in [0.5, 0.6) is 0 Å². The van der Waals surface area contributed by atoms with E-state index in [1.807, 2.05) is 0 Å². The summed E-state index contributed by atoms with van der Waals surface area (Å²) in [5, 5.41) is 31.7. The van der Waals surface area contributed by atoms with E-state index in [0.717, 1.165) is 24.3 Å². The van der Waals surface area contributed by atoms with Crippen LogP contribution >= 0.6 is 0 Å². The van der Waals surface area contributed by atoms with E-state index in [1.54, 1.807) is 24.3 Å². The highest BCUT2D eigenvalue weighted by Gasteiger charge is 2.37. The fraction of sp³-hybridized carbons (Fsp3) is 0.500. The highest BCUT2D eigenvalue weighted by Crippen LogP contribution is 2.37. The largest absolute Gasteiger partial charge is 0.507 e. The van der Waals surface area contributed by atoms with Crippen LogP contribution < -0.4 is 5.06 Å². The Balaban J connectivity index is 2.07. The van der Waals surface area contributed by atoms with Gasteiger partial charge in [-0.05, 0) is 18.6 Å². The van der Waals surface area contributed by atoms with Gasteiger partial charge in [-0.3, -0.25) is 5.21 Å². The first-order valence-electron chi connectivity index (χ1n) is 7.31. The molecule has 1 unspecified atom stereocenters. The van der Waals surface area contributed by atoms with Gasteiger partial charge in [0, 0.05) is 18.1 Å². The second-order valence-corrected chi connectivity index (χ2v) is 5.40. The minimum atomic E-state index is -1.52. The van der Waals surface area contributed by atoms with Crippen LogP contribution in [-0.4, -0.2) is 21.1 Å². The summed E-state index contributed by atoms with van der Waals surface area (Å²) in [6.45, 7) is 2.15. The number of aliphatic hydroxyl groups excluding tert-OH is 1. The number of rotatable bonds is 6. The fourth-order valence-electron chi connectivity index (χ4n) is 2.61. The van der Waals surface area contributed by atoms with E-state index in [9.17, 15) is 15.4 Å². The van der Waals surface area contributed by atoms with Gasteiger partial charge in [-0.2, -0.15) is 0 Å². The molecule has 0 radical (unpaired) electrons. The van der Waals surface area contributed by atoms with Crippen molar-refractivity contribution in [3.8, 4) is 0 Å². The summed E-state index contributed by atoms with van der Waals surface area (Å²) in [6, 6.07) is 6.94. The lowest BCUT2D eigenvalue weighted by molar-refractivity contribution is -0.00884. The Morgan fingerprint density at radius 2 is 1.80 bits per heavy atom. The van der Waals surface area contributed by atoms with Crippen LogP contribution in [0.25, 0.3) is 5.76 Å². The summed E-state index contributed by atoms with van der Waals surface area (Å²) in [6.07, 6.45) is 7.03. The van der Waals surface area contributed by atoms with Crippen LogP contribution in [0.2, 0.25) is 0 Å². The van der Waals surface area contributed by atoms with Crippen molar-refractivity contribution in [3.63, 3.8) is 0 Å². The highest BCUT2D eigenvalue weighted by molar-refractivity contribution is 5.76. The molecule has 1 aromatic rings. The Morgan fingerprint density at radius 3 is 2.55 bits per heavy atom. The summed E-state index contributed by atoms with van der Waals surface area (Å²) >= 11 is 0. The lowest BCUT2D eigenvalue weighted by Gasteiger charge is -2.38. The number of para-hydroxylation sites is 1. The molecular weight excluding hydrogens is 254 g/mol. The third kappa shape index (κ3) is 2.97. The van der Waals surface area contributed by atoms with Gasteiger partial charge in [0.2, 0.25) is 0 Å². The lowest BCUT2D eigenvalue weighted by atomic mass is 9.96. The Labute approximate surface area is 119 Å². The molecule has 0 aliphatic carbocycles. The molecule has 110 valence electrons. The molecule has 1 aliphatic rings. The normalized spacial score (nSPS) is 21.6. The van der Waals surface area contributed by atoms with Crippen molar-refractivity contribution in [1.29, 1.82) is 0 Å². The molecule has 1 heterocycles. The number of fused-ring (bicyclic) bond motifs is 1. The summed E-state index contributed by atoms with van der Waals surface area (Å²) in [4.78, 5) is 0. The molecule has 0 aromatic heterocycles. The Hall–Kier alpha value is -1.52. The minimum Gasteiger partial charge on any atom is -0.507 e. The predicted octanol–water partition coefficient (Wildman–Crippen LogP) is 3.84. The van der Waals surface area contributed by atoms with E-state index in [2.05, 4.69) is 6.92 Å². The Morgan fingerprint density at radius 1 is 1.10 bits per heavy atom. The quantitative estimate of drug-likeness (QED) is 0.691. The zero-order valence-electron chi connectivity index (χ0n) is 11.9. The highest BCUT2D eigenvalue weighted by atomic mass is 16.5. The molecule has 4 heteroatoms. The number of aliphatic hydroxyl groups is 2. The van der Waals surface area contributed by atoms with Crippen LogP contribution in [0.15, 0.2) is 30.3 Å². The second kappa shape index (κ2) is 6.29. The molecule has 4 nitrogen and oxygen atoms in total. The topological polar surface area (TPSA) is 63.9 Å². The first kappa shape index (κ1) is 14.9. The van der Waals surface area contributed by atoms with Crippen molar-refractivity contribution in [2.75, 3.05) is 5.06 Å². The Kier molecular flexibility index (Phi) is 4.68. The molecule has 3 N–H and O–H groups in total. The number of benzene rings is 1. The first-order chi connectivity index (χ1) is 9.58. The number of anilines is 1. The summed E-state index contributed by atoms with van der Waals surface area (Å²) < 4.78 is 0. The van der Waals surface area contributed by atoms with Gasteiger partial charge in [-0.15, -0.1) is 0 Å². The maximum Gasteiger partial charge on any atom is 0.184 e. The van der Waals surface area contributed by atoms with Crippen molar-refractivity contribution >= 4 is 11.4 Å². The van der Waals surface area contributed by atoms with E-state index in [1.165, 1.54) is 18.9 Å². The van der Waals surface area contributed by atoms with E-state index in [0.29, 0.717) is 17.7 Å². The van der Waals surface area contributed by atoms with Gasteiger partial charge in [0.15, 0.2) is 5.72 Å². The lowest BCUT2D eigenvalue weighted by Crippen LogP contribution is -2.47. The first-order valence-corrected chi connectivity index (χ1v) is 7.31. The van der Waals surface area contributed by atoms with Gasteiger partial charge in [0.25, 0.3) is 0 Å². The maximum atomic E-state index is 10.6. The molecule has 0 bridgehead atoms. The molecule has 1 aromatic carbocycles. The number of nitrogens with zero attached hydrogens (tertiary/aromatic N) is 1. The number of hydrogen-bond acceptors (Lipinski definition) is 4. The van der Waals surface area contributed by atoms with Crippen LogP contribution in [0.1, 0.15) is 51.0 Å². The molecule has 0 fully saturated rings. The van der Waals surface area contributed by atoms with Crippen molar-refractivity contribution < 1.29 is 15.4 Å². The minimum absolute atomic E-state index is 0.0157. The molecule has 0 saturated carbocycles. The van der Waals surface area contributed by atoms with Crippen LogP contribution in [0, 0.1) is 0 Å². The fourth-order valence-corrected chi connectivity index (χ4v) is 2.61. The summed E-state index contributed by atoms with van der Waals surface area (Å²) in [7, 11) is 0. The second-order valence-electron chi connectivity index (χ2n) is 5.40. The van der Waals surface area contributed by atoms with Crippen LogP contribution in [-0.2, 0) is 0 Å². The van der Waals surface area contributed by atoms with Gasteiger partial charge < -0.3 is 10.2 Å². The molecule has 1 atom stereocenters. The van der Waals surface area contributed by atoms with Crippen molar-refractivity contribution in [2.24, 2.45) is 0 Å². The molecule has 0 saturated heterocycles. The molecule has 2 rings (SSSR count). The Bertz CT molecular complexity index is 486. The third-order valence-corrected chi connectivity index (χ3v) is 3.79. The third-order valence-electron chi connectivity index (χ3n) is 3.79. The van der Waals surface area contributed by atoms with E-state index in [4.69, 9.17) is 0 Å². The monoisotopic (exact) mass is 277 g/mol. The number of hydroxylamine groups is 1. The average molecular weight is 277 g/mol. The van der Waals surface area contributed by atoms with Gasteiger partial charge in [-0.25, -0.2) is 5.06 Å². The molecule has 20 heavy (non-hydrogen) atoms. The predicted molar refractivity (Wildman–Crippen MR) is 79.6 cm³/mol. The maximum absolute atomic E-state index is 10.6. The van der Waals surface area contributed by atoms with Crippen LogP contribution in [0.4, 0.5) is 5.69 Å². The smallest absolute Gasteiger partial charge is 0.184 e. The SMILES string of the molecule is CCCCCCCC1(O)C=C(O)c2ccccc2N1O. The van der Waals surface area contributed by atoms with E-state index >= 15 is 0 Å². The molecular formula is C16H23NO3. The summed E-state index contributed by atoms with van der Waals surface area (Å²) in [5.74, 6) is 0.0157. The van der Waals surface area contributed by atoms with Crippen molar-refractivity contribution in [3.05, 3.63) is 35.9 Å². The van der Waals surface area contributed by atoms with Crippen molar-refractivity contribution in [1.82, 2.24) is 0 Å². The molecule has 1 aliphatic heterocycles.